The molecular weight excluding hydrogens is 266 g/mol. The fourth-order valence-electron chi connectivity index (χ4n) is 2.34. The van der Waals surface area contributed by atoms with Gasteiger partial charge in [-0.3, -0.25) is 4.98 Å². The fourth-order valence-corrected chi connectivity index (χ4v) is 2.82. The number of anilines is 1. The summed E-state index contributed by atoms with van der Waals surface area (Å²) in [5.41, 5.74) is 7.11. The van der Waals surface area contributed by atoms with E-state index in [0.717, 1.165) is 17.6 Å². The highest BCUT2D eigenvalue weighted by atomic mass is 79.9. The lowest BCUT2D eigenvalue weighted by Crippen LogP contribution is -2.40. The minimum absolute atomic E-state index is 0.473. The maximum absolute atomic E-state index is 5.88. The first-order valence-electron chi connectivity index (χ1n) is 5.89. The van der Waals surface area contributed by atoms with E-state index in [2.05, 4.69) is 31.9 Å². The first-order chi connectivity index (χ1) is 7.83. The number of nitrogens with zero attached hydrogens (tertiary/aromatic N) is 2. The van der Waals surface area contributed by atoms with Crippen LogP contribution in [0.2, 0.25) is 0 Å². The summed E-state index contributed by atoms with van der Waals surface area (Å²) in [5.74, 6) is 0. The number of rotatable bonds is 2. The van der Waals surface area contributed by atoms with E-state index in [4.69, 9.17) is 5.73 Å². The number of hydrogen-bond acceptors (Lipinski definition) is 3. The van der Waals surface area contributed by atoms with Crippen LogP contribution in [0.4, 0.5) is 5.69 Å². The first kappa shape index (κ1) is 11.9. The van der Waals surface area contributed by atoms with Gasteiger partial charge in [0.1, 0.15) is 0 Å². The zero-order valence-corrected chi connectivity index (χ0v) is 11.0. The summed E-state index contributed by atoms with van der Waals surface area (Å²) < 4.78 is 1.07. The average molecular weight is 284 g/mol. The van der Waals surface area contributed by atoms with Crippen LogP contribution in [0, 0.1) is 0 Å². The predicted octanol–water partition coefficient (Wildman–Crippen LogP) is 2.55. The molecule has 0 spiro atoms. The summed E-state index contributed by atoms with van der Waals surface area (Å²) in [4.78, 5) is 6.54. The van der Waals surface area contributed by atoms with Crippen molar-refractivity contribution in [3.8, 4) is 0 Å². The molecule has 16 heavy (non-hydrogen) atoms. The van der Waals surface area contributed by atoms with E-state index in [9.17, 15) is 0 Å². The molecule has 1 unspecified atom stereocenters. The molecule has 0 aromatic carbocycles. The fraction of sp³-hybridized carbons (Fsp3) is 0.583. The monoisotopic (exact) mass is 283 g/mol. The molecule has 0 bridgehead atoms. The summed E-state index contributed by atoms with van der Waals surface area (Å²) >= 11 is 3.57. The van der Waals surface area contributed by atoms with Crippen molar-refractivity contribution in [1.29, 1.82) is 0 Å². The van der Waals surface area contributed by atoms with Crippen LogP contribution < -0.4 is 10.6 Å². The number of nitrogens with two attached hydrogens (primary N) is 1. The molecule has 0 radical (unpaired) electrons. The van der Waals surface area contributed by atoms with Gasteiger partial charge in [0.25, 0.3) is 0 Å². The lowest BCUT2D eigenvalue weighted by molar-refractivity contribution is 0.579. The summed E-state index contributed by atoms with van der Waals surface area (Å²) in [7, 11) is 0. The topological polar surface area (TPSA) is 42.1 Å². The lowest BCUT2D eigenvalue weighted by Gasteiger charge is -2.31. The molecule has 0 saturated carbocycles. The Balaban J connectivity index is 2.25. The van der Waals surface area contributed by atoms with Gasteiger partial charge in [0.15, 0.2) is 0 Å². The molecule has 88 valence electrons. The summed E-state index contributed by atoms with van der Waals surface area (Å²) in [6.07, 6.45) is 8.76. The molecular formula is C12H18BrN3. The van der Waals surface area contributed by atoms with E-state index in [0.29, 0.717) is 6.04 Å². The number of hydrogen-bond donors (Lipinski definition) is 1. The molecule has 1 aromatic rings. The molecule has 2 N–H and O–H groups in total. The van der Waals surface area contributed by atoms with Gasteiger partial charge >= 0.3 is 0 Å². The highest BCUT2D eigenvalue weighted by Crippen LogP contribution is 2.29. The first-order valence-corrected chi connectivity index (χ1v) is 6.68. The van der Waals surface area contributed by atoms with Crippen LogP contribution in [0.15, 0.2) is 22.9 Å². The lowest BCUT2D eigenvalue weighted by atomic mass is 10.1. The quantitative estimate of drug-likeness (QED) is 0.907. The molecule has 3 nitrogen and oxygen atoms in total. The van der Waals surface area contributed by atoms with E-state index in [1.807, 2.05) is 12.4 Å². The Hall–Kier alpha value is -0.610. The van der Waals surface area contributed by atoms with Crippen LogP contribution in [-0.2, 0) is 0 Å². The van der Waals surface area contributed by atoms with Gasteiger partial charge in [-0.25, -0.2) is 0 Å². The van der Waals surface area contributed by atoms with Crippen molar-refractivity contribution >= 4 is 21.6 Å². The third-order valence-corrected chi connectivity index (χ3v) is 3.82. The maximum Gasteiger partial charge on any atom is 0.0592 e. The summed E-state index contributed by atoms with van der Waals surface area (Å²) in [6, 6.07) is 2.54. The van der Waals surface area contributed by atoms with Crippen molar-refractivity contribution < 1.29 is 0 Å². The largest absolute Gasteiger partial charge is 0.366 e. The van der Waals surface area contributed by atoms with Gasteiger partial charge in [0.2, 0.25) is 0 Å². The van der Waals surface area contributed by atoms with E-state index in [1.165, 1.54) is 31.4 Å². The maximum atomic E-state index is 5.88. The minimum atomic E-state index is 0.473. The molecule has 1 atom stereocenters. The van der Waals surface area contributed by atoms with E-state index in [-0.39, 0.29) is 0 Å². The number of halogens is 1. The Morgan fingerprint density at radius 2 is 2.31 bits per heavy atom. The number of pyridine rings is 1. The van der Waals surface area contributed by atoms with Crippen LogP contribution in [0.3, 0.4) is 0 Å². The smallest absolute Gasteiger partial charge is 0.0592 e. The van der Waals surface area contributed by atoms with Gasteiger partial charge in [0, 0.05) is 31.5 Å². The Morgan fingerprint density at radius 1 is 1.44 bits per heavy atom. The average Bonchev–Trinajstić information content (AvgIpc) is 2.54. The van der Waals surface area contributed by atoms with Crippen molar-refractivity contribution in [3.63, 3.8) is 0 Å². The van der Waals surface area contributed by atoms with Crippen LogP contribution in [0.1, 0.15) is 25.7 Å². The zero-order chi connectivity index (χ0) is 11.4. The molecule has 1 fully saturated rings. The molecule has 0 aliphatic carbocycles. The second-order valence-electron chi connectivity index (χ2n) is 4.26. The van der Waals surface area contributed by atoms with Crippen molar-refractivity contribution in [2.75, 3.05) is 18.0 Å². The highest BCUT2D eigenvalue weighted by molar-refractivity contribution is 9.10. The van der Waals surface area contributed by atoms with Crippen LogP contribution in [0.5, 0.6) is 0 Å². The summed E-state index contributed by atoms with van der Waals surface area (Å²) in [6.45, 7) is 1.83. The van der Waals surface area contributed by atoms with E-state index < -0.39 is 0 Å². The molecule has 1 aromatic heterocycles. The second kappa shape index (κ2) is 5.64. The van der Waals surface area contributed by atoms with Crippen molar-refractivity contribution in [2.24, 2.45) is 5.73 Å². The molecule has 1 aliphatic rings. The highest BCUT2D eigenvalue weighted by Gasteiger charge is 2.21. The van der Waals surface area contributed by atoms with Crippen LogP contribution in [0.25, 0.3) is 0 Å². The van der Waals surface area contributed by atoms with Gasteiger partial charge in [-0.1, -0.05) is 12.8 Å². The van der Waals surface area contributed by atoms with E-state index in [1.54, 1.807) is 0 Å². The Labute approximate surface area is 105 Å². The second-order valence-corrected chi connectivity index (χ2v) is 5.11. The predicted molar refractivity (Wildman–Crippen MR) is 70.6 cm³/mol. The Morgan fingerprint density at radius 3 is 3.06 bits per heavy atom. The van der Waals surface area contributed by atoms with Gasteiger partial charge in [-0.05, 0) is 34.8 Å². The molecule has 4 heteroatoms. The van der Waals surface area contributed by atoms with Crippen LogP contribution in [-0.4, -0.2) is 24.1 Å². The van der Waals surface area contributed by atoms with Gasteiger partial charge < -0.3 is 10.6 Å². The van der Waals surface area contributed by atoms with Crippen molar-refractivity contribution in [3.05, 3.63) is 22.9 Å². The van der Waals surface area contributed by atoms with Crippen molar-refractivity contribution in [1.82, 2.24) is 4.98 Å². The molecule has 1 aliphatic heterocycles. The Kier molecular flexibility index (Phi) is 4.18. The van der Waals surface area contributed by atoms with Crippen molar-refractivity contribution in [2.45, 2.75) is 31.7 Å². The summed E-state index contributed by atoms with van der Waals surface area (Å²) in [5, 5.41) is 0. The third kappa shape index (κ3) is 2.55. The molecule has 2 heterocycles. The number of aromatic nitrogens is 1. The van der Waals surface area contributed by atoms with Crippen LogP contribution >= 0.6 is 15.9 Å². The van der Waals surface area contributed by atoms with E-state index >= 15 is 0 Å². The van der Waals surface area contributed by atoms with Gasteiger partial charge in [-0.2, -0.15) is 0 Å². The zero-order valence-electron chi connectivity index (χ0n) is 9.40. The SMILES string of the molecule is NCC1CCCCCN1c1ccncc1Br. The van der Waals surface area contributed by atoms with Gasteiger partial charge in [-0.15, -0.1) is 0 Å². The molecule has 1 saturated heterocycles. The minimum Gasteiger partial charge on any atom is -0.366 e. The third-order valence-electron chi connectivity index (χ3n) is 3.21. The Bertz CT molecular complexity index is 343. The molecule has 2 rings (SSSR count). The molecule has 0 amide bonds. The standard InChI is InChI=1S/C12H18BrN3/c13-11-9-15-6-5-12(11)16-7-3-1-2-4-10(16)8-14/h5-6,9-10H,1-4,7-8,14H2. The van der Waals surface area contributed by atoms with Gasteiger partial charge in [0.05, 0.1) is 10.2 Å². The normalized spacial score (nSPS) is 21.9.